The summed E-state index contributed by atoms with van der Waals surface area (Å²) in [6.45, 7) is 0.309. The molecule has 0 unspecified atom stereocenters. The zero-order chi connectivity index (χ0) is 21.0. The van der Waals surface area contributed by atoms with Crippen molar-refractivity contribution in [2.45, 2.75) is 11.3 Å². The van der Waals surface area contributed by atoms with Gasteiger partial charge >= 0.3 is 6.03 Å². The Hall–Kier alpha value is -2.59. The molecule has 0 radical (unpaired) electrons. The maximum atomic E-state index is 13.8. The Morgan fingerprint density at radius 3 is 2.10 bits per heavy atom. The molecule has 1 fully saturated rings. The van der Waals surface area contributed by atoms with Crippen molar-refractivity contribution in [3.63, 3.8) is 0 Å². The van der Waals surface area contributed by atoms with Crippen molar-refractivity contribution in [1.82, 2.24) is 14.5 Å². The number of carbonyl (C=O) groups is 1. The van der Waals surface area contributed by atoms with Gasteiger partial charge in [-0.1, -0.05) is 18.2 Å². The van der Waals surface area contributed by atoms with E-state index in [0.29, 0.717) is 0 Å². The zero-order valence-electron chi connectivity index (χ0n) is 15.4. The van der Waals surface area contributed by atoms with Crippen LogP contribution in [-0.4, -0.2) is 56.4 Å². The molecule has 1 aliphatic rings. The summed E-state index contributed by atoms with van der Waals surface area (Å²) in [4.78, 5) is 13.2. The van der Waals surface area contributed by atoms with Crippen LogP contribution < -0.4 is 5.32 Å². The van der Waals surface area contributed by atoms with Gasteiger partial charge in [-0.15, -0.1) is 0 Å². The molecule has 29 heavy (non-hydrogen) atoms. The number of piperazine rings is 1. The normalized spacial score (nSPS) is 15.3. The van der Waals surface area contributed by atoms with Gasteiger partial charge < -0.3 is 10.2 Å². The predicted molar refractivity (Wildman–Crippen MR) is 100 cm³/mol. The van der Waals surface area contributed by atoms with E-state index in [4.69, 9.17) is 0 Å². The van der Waals surface area contributed by atoms with Crippen LogP contribution in [0.25, 0.3) is 0 Å². The highest BCUT2D eigenvalue weighted by molar-refractivity contribution is 7.89. The number of nitrogens with one attached hydrogen (secondary N) is 1. The van der Waals surface area contributed by atoms with Gasteiger partial charge in [-0.3, -0.25) is 0 Å². The van der Waals surface area contributed by atoms with E-state index in [1.165, 1.54) is 29.2 Å². The van der Waals surface area contributed by atoms with Crippen LogP contribution in [-0.2, 0) is 16.4 Å². The SMILES string of the molecule is O=C(NCCc1c(F)cccc1F)N1CCN(S(=O)(=O)c2ccccc2F)CC1. The van der Waals surface area contributed by atoms with Gasteiger partial charge in [-0.05, 0) is 30.7 Å². The average molecular weight is 427 g/mol. The van der Waals surface area contributed by atoms with Crippen molar-refractivity contribution in [2.75, 3.05) is 32.7 Å². The van der Waals surface area contributed by atoms with E-state index < -0.39 is 38.4 Å². The smallest absolute Gasteiger partial charge is 0.317 e. The average Bonchev–Trinajstić information content (AvgIpc) is 2.70. The number of urea groups is 1. The van der Waals surface area contributed by atoms with Crippen molar-refractivity contribution >= 4 is 16.1 Å². The standard InChI is InChI=1S/C19H20F3N3O3S/c20-15-5-3-6-16(21)14(15)8-9-23-19(26)24-10-12-25(13-11-24)29(27,28)18-7-2-1-4-17(18)22/h1-7H,8-13H2,(H,23,26). The number of carbonyl (C=O) groups excluding carboxylic acids is 1. The summed E-state index contributed by atoms with van der Waals surface area (Å²) in [6.07, 6.45) is -0.00806. The van der Waals surface area contributed by atoms with E-state index in [-0.39, 0.29) is 44.7 Å². The molecular formula is C19H20F3N3O3S. The van der Waals surface area contributed by atoms with Crippen LogP contribution in [0.15, 0.2) is 47.4 Å². The molecule has 1 heterocycles. The first kappa shape index (κ1) is 21.1. The summed E-state index contributed by atoms with van der Waals surface area (Å²) in [6, 6.07) is 8.24. The fourth-order valence-corrected chi connectivity index (χ4v) is 4.59. The number of hydrogen-bond donors (Lipinski definition) is 1. The highest BCUT2D eigenvalue weighted by atomic mass is 32.2. The number of nitrogens with zero attached hydrogens (tertiary/aromatic N) is 2. The van der Waals surface area contributed by atoms with E-state index in [0.717, 1.165) is 22.5 Å². The molecule has 0 atom stereocenters. The first-order valence-corrected chi connectivity index (χ1v) is 10.4. The molecule has 156 valence electrons. The van der Waals surface area contributed by atoms with Gasteiger partial charge in [-0.25, -0.2) is 26.4 Å². The Morgan fingerprint density at radius 1 is 0.897 bits per heavy atom. The van der Waals surface area contributed by atoms with Crippen LogP contribution in [0, 0.1) is 17.5 Å². The van der Waals surface area contributed by atoms with Gasteiger partial charge in [0.05, 0.1) is 0 Å². The Bertz CT molecular complexity index is 973. The van der Waals surface area contributed by atoms with E-state index in [1.807, 2.05) is 0 Å². The number of hydrogen-bond acceptors (Lipinski definition) is 3. The molecule has 3 rings (SSSR count). The molecule has 6 nitrogen and oxygen atoms in total. The molecule has 0 aliphatic carbocycles. The second-order valence-corrected chi connectivity index (χ2v) is 8.41. The minimum absolute atomic E-state index is 0.00806. The fraction of sp³-hybridized carbons (Fsp3) is 0.316. The summed E-state index contributed by atoms with van der Waals surface area (Å²) in [5.41, 5.74) is -0.103. The van der Waals surface area contributed by atoms with Gasteiger partial charge in [0, 0.05) is 38.3 Å². The van der Waals surface area contributed by atoms with Crippen molar-refractivity contribution in [3.8, 4) is 0 Å². The molecular weight excluding hydrogens is 407 g/mol. The minimum Gasteiger partial charge on any atom is -0.338 e. The Kier molecular flexibility index (Phi) is 6.43. The van der Waals surface area contributed by atoms with Crippen molar-refractivity contribution in [3.05, 3.63) is 65.5 Å². The lowest BCUT2D eigenvalue weighted by Crippen LogP contribution is -2.53. The highest BCUT2D eigenvalue weighted by Gasteiger charge is 2.31. The molecule has 0 bridgehead atoms. The molecule has 2 aromatic rings. The summed E-state index contributed by atoms with van der Waals surface area (Å²) in [5, 5.41) is 2.58. The summed E-state index contributed by atoms with van der Waals surface area (Å²) >= 11 is 0. The third kappa shape index (κ3) is 4.70. The van der Waals surface area contributed by atoms with E-state index >= 15 is 0 Å². The number of halogens is 3. The second-order valence-electron chi connectivity index (χ2n) is 6.50. The van der Waals surface area contributed by atoms with Crippen LogP contribution in [0.4, 0.5) is 18.0 Å². The first-order valence-electron chi connectivity index (χ1n) is 9.01. The second kappa shape index (κ2) is 8.83. The third-order valence-corrected chi connectivity index (χ3v) is 6.63. The number of amides is 2. The molecule has 1 aliphatic heterocycles. The topological polar surface area (TPSA) is 69.7 Å². The molecule has 0 aromatic heterocycles. The maximum Gasteiger partial charge on any atom is 0.317 e. The van der Waals surface area contributed by atoms with Gasteiger partial charge in [0.15, 0.2) is 0 Å². The summed E-state index contributed by atoms with van der Waals surface area (Å²) in [7, 11) is -3.99. The summed E-state index contributed by atoms with van der Waals surface area (Å²) in [5.74, 6) is -2.18. The quantitative estimate of drug-likeness (QED) is 0.797. The molecule has 2 aromatic carbocycles. The van der Waals surface area contributed by atoms with Crippen molar-refractivity contribution in [2.24, 2.45) is 0 Å². The molecule has 1 N–H and O–H groups in total. The number of sulfonamides is 1. The lowest BCUT2D eigenvalue weighted by molar-refractivity contribution is 0.172. The minimum atomic E-state index is -3.99. The fourth-order valence-electron chi connectivity index (χ4n) is 3.10. The molecule has 10 heteroatoms. The largest absolute Gasteiger partial charge is 0.338 e. The molecule has 1 saturated heterocycles. The monoisotopic (exact) mass is 427 g/mol. The Balaban J connectivity index is 1.53. The van der Waals surface area contributed by atoms with Crippen LogP contribution in [0.5, 0.6) is 0 Å². The lowest BCUT2D eigenvalue weighted by Gasteiger charge is -2.34. The molecule has 2 amide bonds. The van der Waals surface area contributed by atoms with Crippen LogP contribution in [0.1, 0.15) is 5.56 Å². The van der Waals surface area contributed by atoms with E-state index in [2.05, 4.69) is 5.32 Å². The van der Waals surface area contributed by atoms with Gasteiger partial charge in [-0.2, -0.15) is 4.31 Å². The van der Waals surface area contributed by atoms with Crippen LogP contribution in [0.2, 0.25) is 0 Å². The van der Waals surface area contributed by atoms with Gasteiger partial charge in [0.1, 0.15) is 22.3 Å². The maximum absolute atomic E-state index is 13.8. The van der Waals surface area contributed by atoms with Crippen molar-refractivity contribution < 1.29 is 26.4 Å². The van der Waals surface area contributed by atoms with Gasteiger partial charge in [0.2, 0.25) is 10.0 Å². The number of rotatable bonds is 5. The Labute approximate surface area is 167 Å². The third-order valence-electron chi connectivity index (χ3n) is 4.69. The van der Waals surface area contributed by atoms with Crippen molar-refractivity contribution in [1.29, 1.82) is 0 Å². The van der Waals surface area contributed by atoms with Crippen LogP contribution in [0.3, 0.4) is 0 Å². The Morgan fingerprint density at radius 2 is 1.48 bits per heavy atom. The van der Waals surface area contributed by atoms with E-state index in [1.54, 1.807) is 0 Å². The zero-order valence-corrected chi connectivity index (χ0v) is 16.3. The van der Waals surface area contributed by atoms with Gasteiger partial charge in [0.25, 0.3) is 0 Å². The lowest BCUT2D eigenvalue weighted by atomic mass is 10.1. The molecule has 0 saturated carbocycles. The number of benzene rings is 2. The first-order chi connectivity index (χ1) is 13.8. The van der Waals surface area contributed by atoms with Crippen LogP contribution >= 0.6 is 0 Å². The predicted octanol–water partition coefficient (Wildman–Crippen LogP) is 2.36. The summed E-state index contributed by atoms with van der Waals surface area (Å²) < 4.78 is 67.3. The highest BCUT2D eigenvalue weighted by Crippen LogP contribution is 2.20. The van der Waals surface area contributed by atoms with E-state index in [9.17, 15) is 26.4 Å². The molecule has 0 spiro atoms.